The van der Waals surface area contributed by atoms with Gasteiger partial charge in [0.25, 0.3) is 10.1 Å². The molecule has 1 N–H and O–H groups in total. The first kappa shape index (κ1) is 15.1. The van der Waals surface area contributed by atoms with Crippen molar-refractivity contribution in [2.75, 3.05) is 26.3 Å². The zero-order valence-corrected chi connectivity index (χ0v) is 11.2. The number of hydrogen-bond donors (Lipinski definition) is 1. The van der Waals surface area contributed by atoms with Gasteiger partial charge in [0.05, 0.1) is 18.6 Å². The molecule has 1 aliphatic rings. The van der Waals surface area contributed by atoms with Crippen molar-refractivity contribution in [3.63, 3.8) is 0 Å². The standard InChI is InChI=1S/C7H11NO5S.Na.H/c9-7(1-6-14(10,11)12)8-2-4-13-5-3-8;;/h1,6H,2-5H2,(H,10,11,12);;/q;+1;-1. The molecule has 0 aliphatic carbocycles. The summed E-state index contributed by atoms with van der Waals surface area (Å²) in [6, 6.07) is 0. The van der Waals surface area contributed by atoms with Gasteiger partial charge in [-0.3, -0.25) is 9.35 Å². The van der Waals surface area contributed by atoms with Crippen LogP contribution in [-0.4, -0.2) is 50.1 Å². The van der Waals surface area contributed by atoms with Gasteiger partial charge < -0.3 is 11.1 Å². The van der Waals surface area contributed by atoms with Gasteiger partial charge in [0.1, 0.15) is 0 Å². The Morgan fingerprint density at radius 3 is 2.40 bits per heavy atom. The fraction of sp³-hybridized carbons (Fsp3) is 0.571. The van der Waals surface area contributed by atoms with Crippen LogP contribution in [0.3, 0.4) is 0 Å². The van der Waals surface area contributed by atoms with Crippen molar-refractivity contribution in [1.29, 1.82) is 0 Å². The van der Waals surface area contributed by atoms with Crippen LogP contribution in [0.2, 0.25) is 0 Å². The Hall–Kier alpha value is 0.0800. The van der Waals surface area contributed by atoms with Crippen LogP contribution in [0.15, 0.2) is 11.5 Å². The third-order valence-corrected chi connectivity index (χ3v) is 2.19. The Bertz CT molecular complexity index is 339. The van der Waals surface area contributed by atoms with Crippen molar-refractivity contribution in [3.8, 4) is 0 Å². The Labute approximate surface area is 112 Å². The van der Waals surface area contributed by atoms with Gasteiger partial charge in [0, 0.05) is 19.2 Å². The van der Waals surface area contributed by atoms with Crippen LogP contribution in [0, 0.1) is 0 Å². The topological polar surface area (TPSA) is 83.9 Å². The number of carbonyl (C=O) groups excluding carboxylic acids is 1. The van der Waals surface area contributed by atoms with E-state index in [9.17, 15) is 13.2 Å². The SMILES string of the molecule is O=C(C=CS(=O)(=O)O)N1CCOCC1.[H-].[Na+]. The molecular weight excluding hydrogens is 233 g/mol. The van der Waals surface area contributed by atoms with E-state index in [0.29, 0.717) is 31.7 Å². The predicted molar refractivity (Wildman–Crippen MR) is 49.2 cm³/mol. The van der Waals surface area contributed by atoms with E-state index >= 15 is 0 Å². The summed E-state index contributed by atoms with van der Waals surface area (Å²) in [6.07, 6.45) is 0.834. The molecule has 0 saturated carbocycles. The minimum Gasteiger partial charge on any atom is -1.00 e. The maximum Gasteiger partial charge on any atom is 1.00 e. The fourth-order valence-electron chi connectivity index (χ4n) is 1.03. The number of ether oxygens (including phenoxy) is 1. The van der Waals surface area contributed by atoms with Crippen molar-refractivity contribution >= 4 is 16.0 Å². The van der Waals surface area contributed by atoms with Gasteiger partial charge in [-0.1, -0.05) is 0 Å². The molecule has 0 aromatic carbocycles. The maximum atomic E-state index is 11.3. The van der Waals surface area contributed by atoms with E-state index < -0.39 is 16.0 Å². The van der Waals surface area contributed by atoms with Gasteiger partial charge in [-0.05, 0) is 0 Å². The summed E-state index contributed by atoms with van der Waals surface area (Å²) in [5.74, 6) is -0.439. The van der Waals surface area contributed by atoms with Gasteiger partial charge in [-0.25, -0.2) is 0 Å². The summed E-state index contributed by atoms with van der Waals surface area (Å²) in [5, 5.41) is 0.477. The van der Waals surface area contributed by atoms with Crippen LogP contribution >= 0.6 is 0 Å². The zero-order chi connectivity index (χ0) is 10.6. The minimum absolute atomic E-state index is 0. The molecule has 0 aromatic rings. The summed E-state index contributed by atoms with van der Waals surface area (Å²) in [6.45, 7) is 1.78. The first-order valence-electron chi connectivity index (χ1n) is 4.01. The number of hydrogen-bond acceptors (Lipinski definition) is 4. The van der Waals surface area contributed by atoms with Gasteiger partial charge in [0.15, 0.2) is 0 Å². The summed E-state index contributed by atoms with van der Waals surface area (Å²) in [5.41, 5.74) is 0. The average Bonchev–Trinajstić information content (AvgIpc) is 2.14. The van der Waals surface area contributed by atoms with E-state index in [-0.39, 0.29) is 31.0 Å². The molecule has 0 atom stereocenters. The van der Waals surface area contributed by atoms with E-state index in [1.807, 2.05) is 0 Å². The summed E-state index contributed by atoms with van der Waals surface area (Å²) >= 11 is 0. The molecule has 82 valence electrons. The monoisotopic (exact) mass is 245 g/mol. The summed E-state index contributed by atoms with van der Waals surface area (Å²) < 4.78 is 33.9. The Morgan fingerprint density at radius 2 is 1.93 bits per heavy atom. The quantitative estimate of drug-likeness (QED) is 0.308. The molecule has 0 spiro atoms. The van der Waals surface area contributed by atoms with E-state index in [0.717, 1.165) is 6.08 Å². The molecule has 1 saturated heterocycles. The van der Waals surface area contributed by atoms with Gasteiger partial charge in [0.2, 0.25) is 5.91 Å². The first-order valence-corrected chi connectivity index (χ1v) is 5.51. The predicted octanol–water partition coefficient (Wildman–Crippen LogP) is -3.64. The number of rotatable bonds is 2. The second-order valence-corrected chi connectivity index (χ2v) is 4.06. The maximum absolute atomic E-state index is 11.3. The third-order valence-electron chi connectivity index (χ3n) is 1.71. The molecule has 1 rings (SSSR count). The van der Waals surface area contributed by atoms with E-state index in [4.69, 9.17) is 9.29 Å². The molecule has 1 heterocycles. The Kier molecular flexibility index (Phi) is 6.65. The van der Waals surface area contributed by atoms with Crippen molar-refractivity contribution < 1.29 is 53.5 Å². The molecule has 0 radical (unpaired) electrons. The molecule has 6 nitrogen and oxygen atoms in total. The van der Waals surface area contributed by atoms with Gasteiger partial charge >= 0.3 is 29.6 Å². The van der Waals surface area contributed by atoms with Gasteiger partial charge in [-0.15, -0.1) is 0 Å². The minimum atomic E-state index is -4.22. The van der Waals surface area contributed by atoms with Crippen molar-refractivity contribution in [2.45, 2.75) is 0 Å². The van der Waals surface area contributed by atoms with E-state index in [2.05, 4.69) is 0 Å². The number of amides is 1. The molecule has 8 heteroatoms. The molecule has 0 bridgehead atoms. The van der Waals surface area contributed by atoms with Crippen molar-refractivity contribution in [3.05, 3.63) is 11.5 Å². The summed E-state index contributed by atoms with van der Waals surface area (Å²) in [7, 11) is -4.22. The third kappa shape index (κ3) is 6.29. The number of morpholine rings is 1. The Balaban J connectivity index is 0. The van der Waals surface area contributed by atoms with Crippen LogP contribution in [0.4, 0.5) is 0 Å². The second-order valence-electron chi connectivity index (χ2n) is 2.76. The van der Waals surface area contributed by atoms with Crippen LogP contribution in [0.5, 0.6) is 0 Å². The van der Waals surface area contributed by atoms with Crippen LogP contribution < -0.4 is 29.6 Å². The molecule has 1 fully saturated rings. The largest absolute Gasteiger partial charge is 1.00 e. The second kappa shape index (κ2) is 6.62. The van der Waals surface area contributed by atoms with Crippen LogP contribution in [-0.2, 0) is 19.6 Å². The van der Waals surface area contributed by atoms with Crippen LogP contribution in [0.25, 0.3) is 0 Å². The fourth-order valence-corrected chi connectivity index (χ4v) is 1.32. The number of nitrogens with zero attached hydrogens (tertiary/aromatic N) is 1. The normalized spacial score (nSPS) is 17.5. The molecule has 0 unspecified atom stereocenters. The number of carbonyl (C=O) groups is 1. The van der Waals surface area contributed by atoms with Crippen LogP contribution in [0.1, 0.15) is 1.43 Å². The molecule has 1 aliphatic heterocycles. The summed E-state index contributed by atoms with van der Waals surface area (Å²) in [4.78, 5) is 12.7. The first-order chi connectivity index (χ1) is 6.49. The molecule has 0 aromatic heterocycles. The zero-order valence-electron chi connectivity index (χ0n) is 9.42. The van der Waals surface area contributed by atoms with Crippen molar-refractivity contribution in [1.82, 2.24) is 4.90 Å². The smallest absolute Gasteiger partial charge is 1.00 e. The van der Waals surface area contributed by atoms with Crippen molar-refractivity contribution in [2.24, 2.45) is 0 Å². The average molecular weight is 245 g/mol. The Morgan fingerprint density at radius 1 is 1.40 bits per heavy atom. The molecule has 15 heavy (non-hydrogen) atoms. The van der Waals surface area contributed by atoms with E-state index in [1.54, 1.807) is 0 Å². The van der Waals surface area contributed by atoms with E-state index in [1.165, 1.54) is 4.90 Å². The molecular formula is C7H12NNaO5S. The van der Waals surface area contributed by atoms with Gasteiger partial charge in [-0.2, -0.15) is 8.42 Å². The molecule has 1 amide bonds.